The van der Waals surface area contributed by atoms with Crippen LogP contribution >= 0.6 is 0 Å². The van der Waals surface area contributed by atoms with Crippen LogP contribution in [0.25, 0.3) is 0 Å². The van der Waals surface area contributed by atoms with E-state index in [0.717, 1.165) is 24.8 Å². The summed E-state index contributed by atoms with van der Waals surface area (Å²) in [5, 5.41) is 13.1. The Morgan fingerprint density at radius 3 is 2.62 bits per heavy atom. The number of hydrogen-bond acceptors (Lipinski definition) is 2. The van der Waals surface area contributed by atoms with Gasteiger partial charge in [0.25, 0.3) is 0 Å². The second-order valence-electron chi connectivity index (χ2n) is 4.83. The van der Waals surface area contributed by atoms with Crippen molar-refractivity contribution in [3.8, 4) is 0 Å². The third kappa shape index (κ3) is 2.44. The average Bonchev–Trinajstić information content (AvgIpc) is 2.88. The maximum Gasteiger partial charge on any atom is 0.0693 e. The number of aliphatic hydroxyl groups is 1. The molecule has 2 N–H and O–H groups in total. The maximum absolute atomic E-state index is 9.59. The van der Waals surface area contributed by atoms with Crippen LogP contribution in [0.3, 0.4) is 0 Å². The van der Waals surface area contributed by atoms with E-state index in [1.54, 1.807) is 0 Å². The van der Waals surface area contributed by atoms with Gasteiger partial charge in [0.15, 0.2) is 0 Å². The van der Waals surface area contributed by atoms with Gasteiger partial charge in [-0.1, -0.05) is 6.92 Å². The van der Waals surface area contributed by atoms with E-state index in [-0.39, 0.29) is 6.10 Å². The summed E-state index contributed by atoms with van der Waals surface area (Å²) in [7, 11) is 0. The van der Waals surface area contributed by atoms with Crippen LogP contribution in [-0.2, 0) is 0 Å². The Balaban J connectivity index is 1.66. The minimum absolute atomic E-state index is 0.0774. The Bertz CT molecular complexity index is 167. The molecule has 2 rings (SSSR count). The van der Waals surface area contributed by atoms with Crippen molar-refractivity contribution in [1.29, 1.82) is 0 Å². The Labute approximate surface area is 80.7 Å². The second kappa shape index (κ2) is 3.97. The fourth-order valence-electron chi connectivity index (χ4n) is 2.35. The first-order chi connectivity index (χ1) is 6.27. The normalized spacial score (nSPS) is 36.5. The zero-order valence-electron chi connectivity index (χ0n) is 8.50. The third-order valence-electron chi connectivity index (χ3n) is 3.61. The average molecular weight is 183 g/mol. The van der Waals surface area contributed by atoms with Crippen molar-refractivity contribution in [3.05, 3.63) is 0 Å². The molecule has 2 aliphatic rings. The molecule has 13 heavy (non-hydrogen) atoms. The van der Waals surface area contributed by atoms with E-state index in [4.69, 9.17) is 0 Å². The van der Waals surface area contributed by atoms with Crippen molar-refractivity contribution in [1.82, 2.24) is 5.32 Å². The molecule has 0 bridgehead atoms. The van der Waals surface area contributed by atoms with Crippen LogP contribution in [0.5, 0.6) is 0 Å². The van der Waals surface area contributed by atoms with Gasteiger partial charge in [0, 0.05) is 6.04 Å². The van der Waals surface area contributed by atoms with E-state index in [9.17, 15) is 5.11 Å². The highest BCUT2D eigenvalue weighted by Gasteiger charge is 2.30. The molecule has 76 valence electrons. The standard InChI is InChI=1S/C11H21NO/c1-8(9-5-6-9)7-12-10-3-2-4-11(10)13/h8-13H,2-7H2,1H3/t8?,10-,11-/m0/s1. The molecule has 0 aromatic rings. The SMILES string of the molecule is CC(CN[C@H]1CCC[C@@H]1O)C1CC1. The lowest BCUT2D eigenvalue weighted by Crippen LogP contribution is -2.38. The van der Waals surface area contributed by atoms with Crippen molar-refractivity contribution in [2.45, 2.75) is 51.2 Å². The van der Waals surface area contributed by atoms with Gasteiger partial charge < -0.3 is 10.4 Å². The van der Waals surface area contributed by atoms with Crippen LogP contribution in [0.1, 0.15) is 39.0 Å². The van der Waals surface area contributed by atoms with Gasteiger partial charge in [-0.3, -0.25) is 0 Å². The molecule has 2 saturated carbocycles. The van der Waals surface area contributed by atoms with E-state index >= 15 is 0 Å². The van der Waals surface area contributed by atoms with Gasteiger partial charge in [0.1, 0.15) is 0 Å². The summed E-state index contributed by atoms with van der Waals surface area (Å²) < 4.78 is 0. The summed E-state index contributed by atoms with van der Waals surface area (Å²) in [6, 6.07) is 0.390. The molecule has 2 aliphatic carbocycles. The predicted molar refractivity (Wildman–Crippen MR) is 53.5 cm³/mol. The van der Waals surface area contributed by atoms with Crippen molar-refractivity contribution < 1.29 is 5.11 Å². The first-order valence-electron chi connectivity index (χ1n) is 5.69. The Kier molecular flexibility index (Phi) is 2.89. The van der Waals surface area contributed by atoms with Crippen LogP contribution in [0, 0.1) is 11.8 Å². The van der Waals surface area contributed by atoms with Gasteiger partial charge in [-0.2, -0.15) is 0 Å². The molecule has 0 aromatic heterocycles. The predicted octanol–water partition coefficient (Wildman–Crippen LogP) is 1.54. The Morgan fingerprint density at radius 1 is 1.31 bits per heavy atom. The van der Waals surface area contributed by atoms with Crippen molar-refractivity contribution >= 4 is 0 Å². The first kappa shape index (κ1) is 9.47. The van der Waals surface area contributed by atoms with Crippen LogP contribution < -0.4 is 5.32 Å². The van der Waals surface area contributed by atoms with Crippen LogP contribution in [-0.4, -0.2) is 23.8 Å². The van der Waals surface area contributed by atoms with Gasteiger partial charge in [0.05, 0.1) is 6.10 Å². The van der Waals surface area contributed by atoms with Crippen LogP contribution in [0.4, 0.5) is 0 Å². The number of rotatable bonds is 4. The zero-order valence-corrected chi connectivity index (χ0v) is 8.50. The van der Waals surface area contributed by atoms with Gasteiger partial charge in [0.2, 0.25) is 0 Å². The van der Waals surface area contributed by atoms with Gasteiger partial charge >= 0.3 is 0 Å². The monoisotopic (exact) mass is 183 g/mol. The van der Waals surface area contributed by atoms with E-state index < -0.39 is 0 Å². The van der Waals surface area contributed by atoms with E-state index in [0.29, 0.717) is 6.04 Å². The molecule has 0 saturated heterocycles. The number of aliphatic hydroxyl groups excluding tert-OH is 1. The molecular formula is C11H21NO. The molecule has 0 heterocycles. The van der Waals surface area contributed by atoms with E-state index in [2.05, 4.69) is 12.2 Å². The molecule has 0 radical (unpaired) electrons. The van der Waals surface area contributed by atoms with Crippen LogP contribution in [0.2, 0.25) is 0 Å². The molecule has 2 heteroatoms. The number of nitrogens with one attached hydrogen (secondary N) is 1. The molecule has 0 spiro atoms. The quantitative estimate of drug-likeness (QED) is 0.693. The first-order valence-corrected chi connectivity index (χ1v) is 5.69. The maximum atomic E-state index is 9.59. The summed E-state index contributed by atoms with van der Waals surface area (Å²) in [5.41, 5.74) is 0. The van der Waals surface area contributed by atoms with Gasteiger partial charge in [-0.05, 0) is 50.5 Å². The lowest BCUT2D eigenvalue weighted by atomic mass is 10.1. The molecule has 2 fully saturated rings. The molecule has 0 aromatic carbocycles. The Morgan fingerprint density at radius 2 is 2.08 bits per heavy atom. The molecular weight excluding hydrogens is 162 g/mol. The fourth-order valence-corrected chi connectivity index (χ4v) is 2.35. The highest BCUT2D eigenvalue weighted by Crippen LogP contribution is 2.36. The summed E-state index contributed by atoms with van der Waals surface area (Å²) in [4.78, 5) is 0. The van der Waals surface area contributed by atoms with Crippen molar-refractivity contribution in [3.63, 3.8) is 0 Å². The lowest BCUT2D eigenvalue weighted by Gasteiger charge is -2.19. The topological polar surface area (TPSA) is 32.3 Å². The lowest BCUT2D eigenvalue weighted by molar-refractivity contribution is 0.146. The van der Waals surface area contributed by atoms with Crippen molar-refractivity contribution in [2.24, 2.45) is 11.8 Å². The molecule has 0 amide bonds. The van der Waals surface area contributed by atoms with E-state index in [1.165, 1.54) is 25.7 Å². The molecule has 2 nitrogen and oxygen atoms in total. The summed E-state index contributed by atoms with van der Waals surface area (Å²) >= 11 is 0. The Hall–Kier alpha value is -0.0800. The molecule has 1 unspecified atom stereocenters. The number of hydrogen-bond donors (Lipinski definition) is 2. The zero-order chi connectivity index (χ0) is 9.26. The minimum atomic E-state index is -0.0774. The highest BCUT2D eigenvalue weighted by atomic mass is 16.3. The molecule has 0 aliphatic heterocycles. The van der Waals surface area contributed by atoms with Crippen LogP contribution in [0.15, 0.2) is 0 Å². The fraction of sp³-hybridized carbons (Fsp3) is 1.00. The molecule has 3 atom stereocenters. The minimum Gasteiger partial charge on any atom is -0.392 e. The largest absolute Gasteiger partial charge is 0.392 e. The van der Waals surface area contributed by atoms with E-state index in [1.807, 2.05) is 0 Å². The van der Waals surface area contributed by atoms with Crippen molar-refractivity contribution in [2.75, 3.05) is 6.54 Å². The second-order valence-corrected chi connectivity index (χ2v) is 4.83. The smallest absolute Gasteiger partial charge is 0.0693 e. The summed E-state index contributed by atoms with van der Waals surface area (Å²) in [5.74, 6) is 1.79. The van der Waals surface area contributed by atoms with Gasteiger partial charge in [-0.15, -0.1) is 0 Å². The van der Waals surface area contributed by atoms with Gasteiger partial charge in [-0.25, -0.2) is 0 Å². The summed E-state index contributed by atoms with van der Waals surface area (Å²) in [6.07, 6.45) is 6.13. The summed E-state index contributed by atoms with van der Waals surface area (Å²) in [6.45, 7) is 3.43. The highest BCUT2D eigenvalue weighted by molar-refractivity contribution is 4.85. The third-order valence-corrected chi connectivity index (χ3v) is 3.61.